The van der Waals surface area contributed by atoms with Gasteiger partial charge in [0.15, 0.2) is 0 Å². The fourth-order valence-electron chi connectivity index (χ4n) is 3.51. The monoisotopic (exact) mass is 449 g/mol. The Hall–Kier alpha value is -3.00. The molecule has 6 nitrogen and oxygen atoms in total. The maximum atomic E-state index is 14.0. The smallest absolute Gasteiger partial charge is 0.255 e. The second-order valence-corrected chi connectivity index (χ2v) is 7.57. The summed E-state index contributed by atoms with van der Waals surface area (Å²) < 4.78 is 27.2. The molecule has 1 aliphatic rings. The van der Waals surface area contributed by atoms with Crippen LogP contribution in [-0.4, -0.2) is 42.3 Å². The number of nitrogens with one attached hydrogen (secondary N) is 1. The van der Waals surface area contributed by atoms with Crippen molar-refractivity contribution in [3.8, 4) is 0 Å². The average molecular weight is 450 g/mol. The molecule has 1 atom stereocenters. The van der Waals surface area contributed by atoms with Crippen LogP contribution in [-0.2, 0) is 9.59 Å². The summed E-state index contributed by atoms with van der Waals surface area (Å²) in [5, 5.41) is 2.88. The second-order valence-electron chi connectivity index (χ2n) is 7.16. The number of benzene rings is 2. The minimum absolute atomic E-state index is 0.0283. The van der Waals surface area contributed by atoms with Crippen LogP contribution in [0.1, 0.15) is 30.6 Å². The highest BCUT2D eigenvalue weighted by molar-refractivity contribution is 6.34. The summed E-state index contributed by atoms with van der Waals surface area (Å²) in [4.78, 5) is 40.2. The summed E-state index contributed by atoms with van der Waals surface area (Å²) >= 11 is 6.25. The Labute approximate surface area is 183 Å². The molecule has 1 saturated heterocycles. The van der Waals surface area contributed by atoms with Gasteiger partial charge in [0.05, 0.1) is 22.2 Å². The molecule has 2 aromatic rings. The van der Waals surface area contributed by atoms with Crippen molar-refractivity contribution in [2.75, 3.05) is 29.9 Å². The molecule has 0 saturated carbocycles. The van der Waals surface area contributed by atoms with Crippen LogP contribution in [0.25, 0.3) is 0 Å². The van der Waals surface area contributed by atoms with Crippen LogP contribution in [0.15, 0.2) is 36.4 Å². The molecule has 3 amide bonds. The van der Waals surface area contributed by atoms with Crippen molar-refractivity contribution < 1.29 is 23.2 Å². The van der Waals surface area contributed by atoms with Crippen LogP contribution in [0.4, 0.5) is 20.2 Å². The number of rotatable bonds is 6. The number of anilines is 2. The predicted molar refractivity (Wildman–Crippen MR) is 114 cm³/mol. The van der Waals surface area contributed by atoms with Gasteiger partial charge in [-0.25, -0.2) is 8.78 Å². The Morgan fingerprint density at radius 1 is 1.16 bits per heavy atom. The largest absolute Gasteiger partial charge is 0.339 e. The van der Waals surface area contributed by atoms with Crippen LogP contribution in [0, 0.1) is 17.6 Å². The van der Waals surface area contributed by atoms with Gasteiger partial charge in [0.2, 0.25) is 11.8 Å². The van der Waals surface area contributed by atoms with Crippen LogP contribution in [0.3, 0.4) is 0 Å². The van der Waals surface area contributed by atoms with Gasteiger partial charge < -0.3 is 15.1 Å². The molecular weight excluding hydrogens is 428 g/mol. The second kappa shape index (κ2) is 9.43. The first-order valence-corrected chi connectivity index (χ1v) is 10.3. The maximum Gasteiger partial charge on any atom is 0.255 e. The number of halogens is 3. The minimum Gasteiger partial charge on any atom is -0.339 e. The lowest BCUT2D eigenvalue weighted by molar-refractivity contribution is -0.122. The van der Waals surface area contributed by atoms with Crippen molar-refractivity contribution in [1.82, 2.24) is 4.90 Å². The van der Waals surface area contributed by atoms with Gasteiger partial charge in [-0.05, 0) is 44.2 Å². The molecule has 164 valence electrons. The van der Waals surface area contributed by atoms with Crippen molar-refractivity contribution in [2.45, 2.75) is 20.3 Å². The van der Waals surface area contributed by atoms with E-state index < -0.39 is 29.4 Å². The molecule has 0 aromatic heterocycles. The Kier molecular flexibility index (Phi) is 6.90. The van der Waals surface area contributed by atoms with Crippen LogP contribution >= 0.6 is 11.6 Å². The molecule has 31 heavy (non-hydrogen) atoms. The third-order valence-corrected chi connectivity index (χ3v) is 5.53. The van der Waals surface area contributed by atoms with E-state index in [2.05, 4.69) is 5.32 Å². The highest BCUT2D eigenvalue weighted by Gasteiger charge is 2.36. The van der Waals surface area contributed by atoms with Gasteiger partial charge in [-0.1, -0.05) is 11.6 Å². The molecule has 1 unspecified atom stereocenters. The van der Waals surface area contributed by atoms with Crippen molar-refractivity contribution in [1.29, 1.82) is 0 Å². The van der Waals surface area contributed by atoms with Crippen LogP contribution < -0.4 is 10.2 Å². The molecule has 1 N–H and O–H groups in total. The Morgan fingerprint density at radius 2 is 1.87 bits per heavy atom. The van der Waals surface area contributed by atoms with E-state index in [1.807, 2.05) is 13.8 Å². The maximum absolute atomic E-state index is 14.0. The number of carbonyl (C=O) groups is 3. The zero-order valence-electron chi connectivity index (χ0n) is 17.1. The van der Waals surface area contributed by atoms with E-state index in [0.717, 1.165) is 11.0 Å². The van der Waals surface area contributed by atoms with Crippen molar-refractivity contribution in [3.63, 3.8) is 0 Å². The quantitative estimate of drug-likeness (QED) is 0.722. The summed E-state index contributed by atoms with van der Waals surface area (Å²) in [5.41, 5.74) is 0.645. The lowest BCUT2D eigenvalue weighted by Crippen LogP contribution is -2.30. The van der Waals surface area contributed by atoms with Gasteiger partial charge in [0, 0.05) is 37.8 Å². The molecule has 0 spiro atoms. The van der Waals surface area contributed by atoms with E-state index in [-0.39, 0.29) is 29.6 Å². The van der Waals surface area contributed by atoms with Crippen molar-refractivity contribution in [3.05, 3.63) is 58.6 Å². The molecule has 1 aliphatic heterocycles. The topological polar surface area (TPSA) is 69.7 Å². The van der Waals surface area contributed by atoms with Gasteiger partial charge in [-0.2, -0.15) is 0 Å². The van der Waals surface area contributed by atoms with E-state index >= 15 is 0 Å². The Balaban J connectivity index is 1.70. The summed E-state index contributed by atoms with van der Waals surface area (Å²) in [6.45, 7) is 4.80. The lowest BCUT2D eigenvalue weighted by atomic mass is 10.1. The number of hydrogen-bond acceptors (Lipinski definition) is 3. The number of carbonyl (C=O) groups excluding carboxylic acids is 3. The fraction of sp³-hybridized carbons (Fsp3) is 0.318. The van der Waals surface area contributed by atoms with Crippen molar-refractivity contribution >= 4 is 40.7 Å². The zero-order valence-corrected chi connectivity index (χ0v) is 17.9. The van der Waals surface area contributed by atoms with Crippen LogP contribution in [0.5, 0.6) is 0 Å². The van der Waals surface area contributed by atoms with Gasteiger partial charge in [-0.15, -0.1) is 0 Å². The SMILES string of the molecule is CCN(CC)C(=O)c1ccc(NC(=O)C2CC(=O)N(c3ccc(F)cc3F)C2)cc1Cl. The fourth-order valence-corrected chi connectivity index (χ4v) is 3.77. The third-order valence-electron chi connectivity index (χ3n) is 5.21. The summed E-state index contributed by atoms with van der Waals surface area (Å²) in [5.74, 6) is -3.39. The summed E-state index contributed by atoms with van der Waals surface area (Å²) in [6.07, 6.45) is -0.102. The number of nitrogens with zero attached hydrogens (tertiary/aromatic N) is 2. The van der Waals surface area contributed by atoms with E-state index in [0.29, 0.717) is 30.4 Å². The van der Waals surface area contributed by atoms with Crippen molar-refractivity contribution in [2.24, 2.45) is 5.92 Å². The number of amides is 3. The molecular formula is C22H22ClF2N3O3. The van der Waals surface area contributed by atoms with Gasteiger partial charge in [0.1, 0.15) is 11.6 Å². The summed E-state index contributed by atoms with van der Waals surface area (Å²) in [7, 11) is 0. The van der Waals surface area contributed by atoms with E-state index in [4.69, 9.17) is 11.6 Å². The van der Waals surface area contributed by atoms with Gasteiger partial charge >= 0.3 is 0 Å². The predicted octanol–water partition coefficient (Wildman–Crippen LogP) is 4.09. The minimum atomic E-state index is -0.866. The van der Waals surface area contributed by atoms with Crippen LogP contribution in [0.2, 0.25) is 5.02 Å². The molecule has 0 aliphatic carbocycles. The molecule has 1 heterocycles. The molecule has 3 rings (SSSR count). The highest BCUT2D eigenvalue weighted by Crippen LogP contribution is 2.29. The molecule has 0 radical (unpaired) electrons. The first-order valence-electron chi connectivity index (χ1n) is 9.90. The molecule has 0 bridgehead atoms. The Bertz CT molecular complexity index is 1030. The van der Waals surface area contributed by atoms with E-state index in [1.54, 1.807) is 17.0 Å². The standard InChI is InChI=1S/C22H22ClF2N3O3/c1-3-27(4-2)22(31)16-7-6-15(11-17(16)23)26-21(30)13-9-20(29)28(12-13)19-8-5-14(24)10-18(19)25/h5-8,10-11,13H,3-4,9,12H2,1-2H3,(H,26,30). The lowest BCUT2D eigenvalue weighted by Gasteiger charge is -2.20. The number of hydrogen-bond donors (Lipinski definition) is 1. The van der Waals surface area contributed by atoms with E-state index in [1.165, 1.54) is 12.1 Å². The zero-order chi connectivity index (χ0) is 22.7. The molecule has 9 heteroatoms. The average Bonchev–Trinajstić information content (AvgIpc) is 3.10. The molecule has 2 aromatic carbocycles. The Morgan fingerprint density at radius 3 is 2.48 bits per heavy atom. The van der Waals surface area contributed by atoms with Gasteiger partial charge in [-0.3, -0.25) is 14.4 Å². The van der Waals surface area contributed by atoms with Gasteiger partial charge in [0.25, 0.3) is 5.91 Å². The summed E-state index contributed by atoms with van der Waals surface area (Å²) in [6, 6.07) is 7.51. The van der Waals surface area contributed by atoms with E-state index in [9.17, 15) is 23.2 Å². The first-order chi connectivity index (χ1) is 14.7. The third kappa shape index (κ3) is 4.85. The normalized spacial score (nSPS) is 15.8. The first kappa shape index (κ1) is 22.7. The highest BCUT2D eigenvalue weighted by atomic mass is 35.5. The molecule has 1 fully saturated rings.